The van der Waals surface area contributed by atoms with Crippen LogP contribution < -0.4 is 16.0 Å². The van der Waals surface area contributed by atoms with Crippen LogP contribution in [0.1, 0.15) is 73.7 Å². The fraction of sp³-hybridized carbons (Fsp3) is 0.349. The number of rotatable bonds is 8. The minimum absolute atomic E-state index is 0.0700. The maximum Gasteiger partial charge on any atom is 0.262 e. The standard InChI is InChI=1S/C43H44N10O5/c1-24-5-4-6-25(2)38(24)47-39-33-20-45-43(48-40(33)50(3)49-39)46-30-9-7-26-11-14-51(22-29(26)17-30)23-37(56)52-15-12-27(13-16-52)28-8-10-31-32(18-28)42(58)53(41(31)57)34-21-44-36(55)19-35(34)54/h4-10,17-18,20,27,34H,11-16,19,21-23H2,1-3H3,(H,44,55)(H,47,49)(H,45,46,48). The van der Waals surface area contributed by atoms with Crippen LogP contribution in [0.2, 0.25) is 0 Å². The van der Waals surface area contributed by atoms with E-state index in [1.807, 2.05) is 30.1 Å². The van der Waals surface area contributed by atoms with E-state index < -0.39 is 29.5 Å². The zero-order valence-electron chi connectivity index (χ0n) is 32.7. The molecule has 2 fully saturated rings. The summed E-state index contributed by atoms with van der Waals surface area (Å²) in [6, 6.07) is 16.8. The highest BCUT2D eigenvalue weighted by Crippen LogP contribution is 2.34. The van der Waals surface area contributed by atoms with E-state index in [9.17, 15) is 24.0 Å². The van der Waals surface area contributed by atoms with Gasteiger partial charge in [-0.25, -0.2) is 9.67 Å². The van der Waals surface area contributed by atoms with Gasteiger partial charge in [-0.1, -0.05) is 30.3 Å². The van der Waals surface area contributed by atoms with Crippen LogP contribution in [0.4, 0.5) is 23.1 Å². The third-order valence-electron chi connectivity index (χ3n) is 12.0. The van der Waals surface area contributed by atoms with Crippen molar-refractivity contribution in [1.82, 2.24) is 39.8 Å². The number of nitrogens with zero attached hydrogens (tertiary/aromatic N) is 7. The Morgan fingerprint density at radius 1 is 0.897 bits per heavy atom. The number of carbonyl (C=O) groups excluding carboxylic acids is 5. The molecule has 6 heterocycles. The number of fused-ring (bicyclic) bond motifs is 3. The molecule has 4 amide bonds. The largest absolute Gasteiger partial charge is 0.353 e. The van der Waals surface area contributed by atoms with E-state index in [2.05, 4.69) is 69.0 Å². The van der Waals surface area contributed by atoms with Crippen LogP contribution in [-0.2, 0) is 34.4 Å². The molecule has 3 N–H and O–H groups in total. The zero-order chi connectivity index (χ0) is 40.2. The molecule has 1 unspecified atom stereocenters. The molecule has 15 nitrogen and oxygen atoms in total. The lowest BCUT2D eigenvalue weighted by Gasteiger charge is -2.35. The molecule has 4 aliphatic rings. The van der Waals surface area contributed by atoms with E-state index in [0.717, 1.165) is 69.7 Å². The molecule has 0 spiro atoms. The third kappa shape index (κ3) is 6.84. The lowest BCUT2D eigenvalue weighted by atomic mass is 9.87. The van der Waals surface area contributed by atoms with Crippen molar-refractivity contribution in [3.05, 3.63) is 99.7 Å². The number of hydrogen-bond donors (Lipinski definition) is 3. The number of anilines is 4. The number of nitrogens with one attached hydrogen (secondary N) is 3. The SMILES string of the molecule is Cc1cccc(C)c1Nc1nn(C)c2nc(Nc3ccc4c(c3)CN(CC(=O)N3CCC(c5ccc6c(c5)C(=O)N(C5CNC(=O)CC5=O)C6=O)CC3)CC4)ncc12. The van der Waals surface area contributed by atoms with E-state index >= 15 is 0 Å². The Morgan fingerprint density at radius 2 is 1.67 bits per heavy atom. The molecule has 296 valence electrons. The summed E-state index contributed by atoms with van der Waals surface area (Å²) in [4.78, 5) is 78.8. The average Bonchev–Trinajstić information content (AvgIpc) is 3.66. The van der Waals surface area contributed by atoms with Gasteiger partial charge in [0, 0.05) is 57.3 Å². The van der Waals surface area contributed by atoms with E-state index in [4.69, 9.17) is 4.98 Å². The quantitative estimate of drug-likeness (QED) is 0.152. The van der Waals surface area contributed by atoms with Crippen molar-refractivity contribution >= 4 is 63.6 Å². The first-order valence-corrected chi connectivity index (χ1v) is 19.7. The number of ketones is 1. The fourth-order valence-electron chi connectivity index (χ4n) is 8.74. The first kappa shape index (κ1) is 37.1. The number of hydrogen-bond acceptors (Lipinski definition) is 11. The number of likely N-dealkylation sites (tertiary alicyclic amines) is 1. The summed E-state index contributed by atoms with van der Waals surface area (Å²) in [6.45, 7) is 7.02. The summed E-state index contributed by atoms with van der Waals surface area (Å²) in [5.41, 5.74) is 8.77. The van der Waals surface area contributed by atoms with Gasteiger partial charge in [0.2, 0.25) is 17.8 Å². The highest BCUT2D eigenvalue weighted by Gasteiger charge is 2.44. The maximum absolute atomic E-state index is 13.6. The van der Waals surface area contributed by atoms with Crippen molar-refractivity contribution in [3.63, 3.8) is 0 Å². The lowest BCUT2D eigenvalue weighted by Crippen LogP contribution is -2.55. The van der Waals surface area contributed by atoms with Gasteiger partial charge < -0.3 is 20.9 Å². The van der Waals surface area contributed by atoms with Gasteiger partial charge in [-0.2, -0.15) is 10.1 Å². The van der Waals surface area contributed by atoms with Crippen LogP contribution in [0.15, 0.2) is 60.8 Å². The first-order chi connectivity index (χ1) is 28.0. The number of imide groups is 1. The van der Waals surface area contributed by atoms with Gasteiger partial charge in [0.15, 0.2) is 17.2 Å². The van der Waals surface area contributed by atoms with Crippen LogP contribution in [0.3, 0.4) is 0 Å². The Morgan fingerprint density at radius 3 is 2.45 bits per heavy atom. The molecule has 0 radical (unpaired) electrons. The molecular formula is C43H44N10O5. The number of amides is 4. The van der Waals surface area contributed by atoms with Gasteiger partial charge in [-0.3, -0.25) is 33.8 Å². The minimum atomic E-state index is -0.996. The molecule has 3 aromatic carbocycles. The summed E-state index contributed by atoms with van der Waals surface area (Å²) in [5, 5.41) is 14.9. The highest BCUT2D eigenvalue weighted by atomic mass is 16.2. The molecule has 2 aromatic heterocycles. The number of benzene rings is 3. The van der Waals surface area contributed by atoms with E-state index in [-0.39, 0.29) is 35.9 Å². The summed E-state index contributed by atoms with van der Waals surface area (Å²) < 4.78 is 1.75. The van der Waals surface area contributed by atoms with Gasteiger partial charge >= 0.3 is 0 Å². The monoisotopic (exact) mass is 780 g/mol. The molecule has 0 aliphatic carbocycles. The Kier molecular flexibility index (Phi) is 9.47. The normalized spacial score (nSPS) is 18.7. The van der Waals surface area contributed by atoms with Crippen molar-refractivity contribution in [1.29, 1.82) is 0 Å². The Balaban J connectivity index is 0.802. The van der Waals surface area contributed by atoms with Crippen LogP contribution in [-0.4, -0.2) is 103 Å². The first-order valence-electron chi connectivity index (χ1n) is 19.7. The molecular weight excluding hydrogens is 737 g/mol. The number of carbonyl (C=O) groups is 5. The smallest absolute Gasteiger partial charge is 0.262 e. The van der Waals surface area contributed by atoms with Crippen LogP contribution in [0, 0.1) is 13.8 Å². The summed E-state index contributed by atoms with van der Waals surface area (Å²) in [5.74, 6) is -0.478. The number of para-hydroxylation sites is 1. The number of piperidine rings is 2. The van der Waals surface area contributed by atoms with E-state index in [1.165, 1.54) is 5.56 Å². The molecule has 9 rings (SSSR count). The Hall–Kier alpha value is -6.48. The molecule has 58 heavy (non-hydrogen) atoms. The second-order valence-corrected chi connectivity index (χ2v) is 15.8. The molecule has 15 heteroatoms. The summed E-state index contributed by atoms with van der Waals surface area (Å²) in [6.07, 6.45) is 3.76. The second kappa shape index (κ2) is 14.8. The van der Waals surface area contributed by atoms with Crippen molar-refractivity contribution < 1.29 is 24.0 Å². The van der Waals surface area contributed by atoms with Gasteiger partial charge in [0.1, 0.15) is 6.04 Å². The Bertz CT molecular complexity index is 2520. The second-order valence-electron chi connectivity index (χ2n) is 15.8. The van der Waals surface area contributed by atoms with Gasteiger partial charge in [0.25, 0.3) is 11.8 Å². The number of aromatic nitrogens is 4. The van der Waals surface area contributed by atoms with E-state index in [1.54, 1.807) is 23.0 Å². The van der Waals surface area contributed by atoms with E-state index in [0.29, 0.717) is 43.6 Å². The molecule has 5 aromatic rings. The minimum Gasteiger partial charge on any atom is -0.353 e. The topological polar surface area (TPSA) is 175 Å². The van der Waals surface area contributed by atoms with Crippen molar-refractivity contribution in [2.24, 2.45) is 7.05 Å². The van der Waals surface area contributed by atoms with Crippen LogP contribution in [0.5, 0.6) is 0 Å². The summed E-state index contributed by atoms with van der Waals surface area (Å²) >= 11 is 0. The number of aryl methyl sites for hydroxylation is 3. The third-order valence-corrected chi connectivity index (χ3v) is 12.0. The molecule has 4 aliphatic heterocycles. The summed E-state index contributed by atoms with van der Waals surface area (Å²) in [7, 11) is 1.87. The predicted molar refractivity (Wildman–Crippen MR) is 216 cm³/mol. The Labute approximate surface area is 334 Å². The molecule has 0 saturated carbocycles. The molecule has 0 bridgehead atoms. The molecule has 1 atom stereocenters. The average molecular weight is 781 g/mol. The van der Waals surface area contributed by atoms with Gasteiger partial charge in [-0.15, -0.1) is 0 Å². The lowest BCUT2D eigenvalue weighted by molar-refractivity contribution is -0.134. The highest BCUT2D eigenvalue weighted by molar-refractivity contribution is 6.23. The van der Waals surface area contributed by atoms with Crippen molar-refractivity contribution in [2.75, 3.05) is 43.4 Å². The van der Waals surface area contributed by atoms with Crippen molar-refractivity contribution in [3.8, 4) is 0 Å². The van der Waals surface area contributed by atoms with Crippen molar-refractivity contribution in [2.45, 2.75) is 58.0 Å². The maximum atomic E-state index is 13.6. The zero-order valence-corrected chi connectivity index (χ0v) is 32.7. The van der Waals surface area contributed by atoms with Crippen LogP contribution >= 0.6 is 0 Å². The van der Waals surface area contributed by atoms with Gasteiger partial charge in [0.05, 0.1) is 29.5 Å². The van der Waals surface area contributed by atoms with Crippen LogP contribution in [0.25, 0.3) is 11.0 Å². The molecule has 2 saturated heterocycles. The predicted octanol–water partition coefficient (Wildman–Crippen LogP) is 4.29. The number of Topliss-reactive ketones (excluding diaryl/α,β-unsaturated/α-hetero) is 1. The fourth-order valence-corrected chi connectivity index (χ4v) is 8.74. The van der Waals surface area contributed by atoms with Gasteiger partial charge in [-0.05, 0) is 91.1 Å².